The van der Waals surface area contributed by atoms with Crippen LogP contribution in [0.1, 0.15) is 25.7 Å². The molecule has 1 fully saturated rings. The second kappa shape index (κ2) is 6.77. The first-order chi connectivity index (χ1) is 8.36. The molecular formula is C13H22N2O2. The fourth-order valence-electron chi connectivity index (χ4n) is 2.34. The molecule has 0 aromatic rings. The number of ether oxygens (including phenoxy) is 1. The van der Waals surface area contributed by atoms with Crippen LogP contribution in [0.5, 0.6) is 0 Å². The average Bonchev–Trinajstić information content (AvgIpc) is 2.89. The molecule has 2 aliphatic rings. The number of hydrogen-bond donors (Lipinski definition) is 2. The van der Waals surface area contributed by atoms with Crippen molar-refractivity contribution in [2.75, 3.05) is 26.2 Å². The van der Waals surface area contributed by atoms with Gasteiger partial charge < -0.3 is 15.4 Å². The van der Waals surface area contributed by atoms with E-state index in [0.717, 1.165) is 38.8 Å². The van der Waals surface area contributed by atoms with Crippen LogP contribution in [-0.2, 0) is 9.53 Å². The predicted molar refractivity (Wildman–Crippen MR) is 66.7 cm³/mol. The molecule has 1 heterocycles. The number of amides is 1. The second-order valence-corrected chi connectivity index (χ2v) is 4.75. The quantitative estimate of drug-likeness (QED) is 0.551. The van der Waals surface area contributed by atoms with E-state index in [0.29, 0.717) is 19.3 Å². The zero-order valence-corrected chi connectivity index (χ0v) is 10.3. The number of hydrogen-bond acceptors (Lipinski definition) is 3. The number of piperidine rings is 1. The molecule has 2 rings (SSSR count). The molecule has 0 radical (unpaired) electrons. The van der Waals surface area contributed by atoms with Crippen LogP contribution in [0.3, 0.4) is 0 Å². The number of nitrogens with one attached hydrogen (secondary N) is 2. The maximum absolute atomic E-state index is 11.7. The van der Waals surface area contributed by atoms with Gasteiger partial charge in [-0.3, -0.25) is 4.79 Å². The number of carbonyl (C=O) groups is 1. The largest absolute Gasteiger partial charge is 0.376 e. The monoisotopic (exact) mass is 238 g/mol. The Labute approximate surface area is 103 Å². The first kappa shape index (κ1) is 12.6. The smallest absolute Gasteiger partial charge is 0.223 e. The van der Waals surface area contributed by atoms with Crippen LogP contribution in [0.25, 0.3) is 0 Å². The summed E-state index contributed by atoms with van der Waals surface area (Å²) in [6.07, 6.45) is 8.48. The van der Waals surface area contributed by atoms with E-state index in [2.05, 4.69) is 22.8 Å². The molecule has 0 saturated carbocycles. The minimum absolute atomic E-state index is 0.161. The SMILES string of the molecule is O=C(NCCOC1CCNCC1)C1CC=CC1. The van der Waals surface area contributed by atoms with Gasteiger partial charge in [-0.2, -0.15) is 0 Å². The van der Waals surface area contributed by atoms with Gasteiger partial charge in [-0.15, -0.1) is 0 Å². The lowest BCUT2D eigenvalue weighted by molar-refractivity contribution is -0.125. The van der Waals surface area contributed by atoms with Crippen molar-refractivity contribution in [1.82, 2.24) is 10.6 Å². The van der Waals surface area contributed by atoms with Crippen molar-refractivity contribution in [2.24, 2.45) is 5.92 Å². The topological polar surface area (TPSA) is 50.4 Å². The van der Waals surface area contributed by atoms with Gasteiger partial charge in [-0.25, -0.2) is 0 Å². The summed E-state index contributed by atoms with van der Waals surface area (Å²) < 4.78 is 5.73. The van der Waals surface area contributed by atoms with E-state index in [4.69, 9.17) is 4.74 Å². The van der Waals surface area contributed by atoms with Crippen molar-refractivity contribution >= 4 is 5.91 Å². The lowest BCUT2D eigenvalue weighted by Gasteiger charge is -2.23. The van der Waals surface area contributed by atoms with Gasteiger partial charge in [0.2, 0.25) is 5.91 Å². The maximum Gasteiger partial charge on any atom is 0.223 e. The number of allylic oxidation sites excluding steroid dienone is 2. The molecule has 2 N–H and O–H groups in total. The van der Waals surface area contributed by atoms with Gasteiger partial charge in [0.15, 0.2) is 0 Å². The molecule has 96 valence electrons. The third-order valence-electron chi connectivity index (χ3n) is 3.42. The molecule has 1 amide bonds. The maximum atomic E-state index is 11.7. The Bertz CT molecular complexity index is 265. The first-order valence-corrected chi connectivity index (χ1v) is 6.61. The third kappa shape index (κ3) is 4.13. The van der Waals surface area contributed by atoms with Crippen molar-refractivity contribution < 1.29 is 9.53 Å². The van der Waals surface area contributed by atoms with Crippen LogP contribution in [0.4, 0.5) is 0 Å². The molecular weight excluding hydrogens is 216 g/mol. The summed E-state index contributed by atoms with van der Waals surface area (Å²) >= 11 is 0. The minimum Gasteiger partial charge on any atom is -0.376 e. The van der Waals surface area contributed by atoms with Crippen molar-refractivity contribution in [2.45, 2.75) is 31.8 Å². The van der Waals surface area contributed by atoms with Crippen molar-refractivity contribution in [3.63, 3.8) is 0 Å². The summed E-state index contributed by atoms with van der Waals surface area (Å²) in [6.45, 7) is 3.37. The van der Waals surface area contributed by atoms with E-state index in [1.165, 1.54) is 0 Å². The highest BCUT2D eigenvalue weighted by Crippen LogP contribution is 2.17. The molecule has 1 saturated heterocycles. The molecule has 0 bridgehead atoms. The van der Waals surface area contributed by atoms with Crippen LogP contribution in [-0.4, -0.2) is 38.3 Å². The van der Waals surface area contributed by atoms with Crippen LogP contribution >= 0.6 is 0 Å². The van der Waals surface area contributed by atoms with Crippen LogP contribution in [0.15, 0.2) is 12.2 Å². The van der Waals surface area contributed by atoms with Gasteiger partial charge in [0.1, 0.15) is 0 Å². The molecule has 1 aliphatic heterocycles. The molecule has 4 nitrogen and oxygen atoms in total. The van der Waals surface area contributed by atoms with E-state index in [9.17, 15) is 4.79 Å². The normalized spacial score (nSPS) is 21.9. The molecule has 1 aliphatic carbocycles. The lowest BCUT2D eigenvalue weighted by Crippen LogP contribution is -2.36. The zero-order chi connectivity index (χ0) is 11.9. The first-order valence-electron chi connectivity index (χ1n) is 6.61. The molecule has 4 heteroatoms. The lowest BCUT2D eigenvalue weighted by atomic mass is 10.1. The van der Waals surface area contributed by atoms with E-state index >= 15 is 0 Å². The van der Waals surface area contributed by atoms with Gasteiger partial charge in [-0.1, -0.05) is 12.2 Å². The van der Waals surface area contributed by atoms with Gasteiger partial charge in [0.05, 0.1) is 12.7 Å². The summed E-state index contributed by atoms with van der Waals surface area (Å²) in [5, 5.41) is 6.25. The Balaban J connectivity index is 1.51. The molecule has 0 unspecified atom stereocenters. The second-order valence-electron chi connectivity index (χ2n) is 4.75. The molecule has 0 atom stereocenters. The highest BCUT2D eigenvalue weighted by atomic mass is 16.5. The van der Waals surface area contributed by atoms with Crippen molar-refractivity contribution in [3.8, 4) is 0 Å². The standard InChI is InChI=1S/C13H22N2O2/c16-13(11-3-1-2-4-11)15-9-10-17-12-5-7-14-8-6-12/h1-2,11-12,14H,3-10H2,(H,15,16). The van der Waals surface area contributed by atoms with E-state index in [-0.39, 0.29) is 11.8 Å². The van der Waals surface area contributed by atoms with E-state index in [1.54, 1.807) is 0 Å². The average molecular weight is 238 g/mol. The van der Waals surface area contributed by atoms with Crippen molar-refractivity contribution in [3.05, 3.63) is 12.2 Å². The highest BCUT2D eigenvalue weighted by molar-refractivity contribution is 5.79. The molecule has 0 aromatic heterocycles. The Hall–Kier alpha value is -0.870. The van der Waals surface area contributed by atoms with Gasteiger partial charge in [-0.05, 0) is 38.8 Å². The fourth-order valence-corrected chi connectivity index (χ4v) is 2.34. The van der Waals surface area contributed by atoms with E-state index < -0.39 is 0 Å². The van der Waals surface area contributed by atoms with Crippen LogP contribution in [0.2, 0.25) is 0 Å². The number of rotatable bonds is 5. The van der Waals surface area contributed by atoms with Gasteiger partial charge >= 0.3 is 0 Å². The summed E-state index contributed by atoms with van der Waals surface area (Å²) in [6, 6.07) is 0. The molecule has 0 spiro atoms. The summed E-state index contributed by atoms with van der Waals surface area (Å²) in [7, 11) is 0. The Kier molecular flexibility index (Phi) is 5.01. The fraction of sp³-hybridized carbons (Fsp3) is 0.769. The summed E-state index contributed by atoms with van der Waals surface area (Å²) in [4.78, 5) is 11.7. The Morgan fingerprint density at radius 2 is 2.00 bits per heavy atom. The summed E-state index contributed by atoms with van der Waals surface area (Å²) in [5.74, 6) is 0.331. The zero-order valence-electron chi connectivity index (χ0n) is 10.3. The van der Waals surface area contributed by atoms with E-state index in [1.807, 2.05) is 0 Å². The van der Waals surface area contributed by atoms with Crippen LogP contribution in [0, 0.1) is 5.92 Å². The Morgan fingerprint density at radius 1 is 1.29 bits per heavy atom. The van der Waals surface area contributed by atoms with Gasteiger partial charge in [0, 0.05) is 12.5 Å². The summed E-state index contributed by atoms with van der Waals surface area (Å²) in [5.41, 5.74) is 0. The Morgan fingerprint density at radius 3 is 2.71 bits per heavy atom. The molecule has 17 heavy (non-hydrogen) atoms. The highest BCUT2D eigenvalue weighted by Gasteiger charge is 2.18. The van der Waals surface area contributed by atoms with Crippen LogP contribution < -0.4 is 10.6 Å². The number of carbonyl (C=O) groups excluding carboxylic acids is 1. The van der Waals surface area contributed by atoms with Gasteiger partial charge in [0.25, 0.3) is 0 Å². The molecule has 0 aromatic carbocycles. The van der Waals surface area contributed by atoms with Crippen molar-refractivity contribution in [1.29, 1.82) is 0 Å². The minimum atomic E-state index is 0.161. The third-order valence-corrected chi connectivity index (χ3v) is 3.42. The predicted octanol–water partition coefficient (Wildman–Crippen LogP) is 0.837.